The summed E-state index contributed by atoms with van der Waals surface area (Å²) in [6.07, 6.45) is -1.07. The minimum absolute atomic E-state index is 0.255. The molecular weight excluding hydrogens is 275 g/mol. The zero-order valence-corrected chi connectivity index (χ0v) is 11.3. The Morgan fingerprint density at radius 2 is 1.95 bits per heavy atom. The molecule has 7 heteroatoms. The highest BCUT2D eigenvalue weighted by Crippen LogP contribution is 2.18. The number of hydrogen-bond acceptors (Lipinski definition) is 4. The number of rotatable bonds is 5. The maximum absolute atomic E-state index is 13.2. The third kappa shape index (κ3) is 3.74. The van der Waals surface area contributed by atoms with Crippen molar-refractivity contribution in [1.82, 2.24) is 0 Å². The van der Waals surface area contributed by atoms with Crippen molar-refractivity contribution in [1.29, 1.82) is 0 Å². The lowest BCUT2D eigenvalue weighted by atomic mass is 10.1. The van der Waals surface area contributed by atoms with Crippen LogP contribution in [-0.4, -0.2) is 36.5 Å². The van der Waals surface area contributed by atoms with Gasteiger partial charge in [0.25, 0.3) is 0 Å². The number of aliphatic hydroxyl groups is 1. The van der Waals surface area contributed by atoms with E-state index in [2.05, 4.69) is 0 Å². The first kappa shape index (κ1) is 15.6. The second kappa shape index (κ2) is 5.66. The summed E-state index contributed by atoms with van der Waals surface area (Å²) in [5.41, 5.74) is -0.708. The van der Waals surface area contributed by atoms with Crippen molar-refractivity contribution >= 4 is 15.8 Å². The fraction of sp³-hybridized carbons (Fsp3) is 0.417. The standard InChI is InChI=1S/C12H15FO5S/c1-7(2)11(14)6-19(17,18)8-3-4-10(13)9(5-8)12(15)16/h3-5,7,11,14H,6H2,1-2H3,(H,15,16). The van der Waals surface area contributed by atoms with Gasteiger partial charge in [-0.3, -0.25) is 0 Å². The summed E-state index contributed by atoms with van der Waals surface area (Å²) in [5.74, 6) is -3.33. The van der Waals surface area contributed by atoms with Crippen LogP contribution in [0, 0.1) is 11.7 Å². The van der Waals surface area contributed by atoms with Gasteiger partial charge >= 0.3 is 5.97 Å². The number of carboxylic acids is 1. The van der Waals surface area contributed by atoms with E-state index in [1.807, 2.05) is 0 Å². The van der Waals surface area contributed by atoms with Crippen molar-refractivity contribution in [2.75, 3.05) is 5.75 Å². The van der Waals surface area contributed by atoms with E-state index in [4.69, 9.17) is 5.11 Å². The Balaban J connectivity index is 3.16. The lowest BCUT2D eigenvalue weighted by molar-refractivity contribution is 0.0691. The molecule has 0 spiro atoms. The van der Waals surface area contributed by atoms with Crippen LogP contribution >= 0.6 is 0 Å². The Kier molecular flexibility index (Phi) is 4.65. The number of benzene rings is 1. The van der Waals surface area contributed by atoms with Crippen LogP contribution in [0.4, 0.5) is 4.39 Å². The van der Waals surface area contributed by atoms with Crippen LogP contribution in [-0.2, 0) is 9.84 Å². The van der Waals surface area contributed by atoms with Gasteiger partial charge < -0.3 is 10.2 Å². The highest BCUT2D eigenvalue weighted by atomic mass is 32.2. The summed E-state index contributed by atoms with van der Waals surface area (Å²) in [7, 11) is -3.86. The summed E-state index contributed by atoms with van der Waals surface area (Å²) in [6.45, 7) is 3.32. The van der Waals surface area contributed by atoms with E-state index >= 15 is 0 Å². The molecule has 0 aromatic heterocycles. The molecule has 0 bridgehead atoms. The fourth-order valence-corrected chi connectivity index (χ4v) is 2.97. The van der Waals surface area contributed by atoms with Crippen molar-refractivity contribution in [3.63, 3.8) is 0 Å². The quantitative estimate of drug-likeness (QED) is 0.798. The molecule has 1 aromatic rings. The first-order valence-electron chi connectivity index (χ1n) is 5.59. The van der Waals surface area contributed by atoms with Gasteiger partial charge in [-0.1, -0.05) is 13.8 Å². The fourth-order valence-electron chi connectivity index (χ4n) is 1.38. The number of sulfone groups is 1. The zero-order valence-electron chi connectivity index (χ0n) is 10.5. The van der Waals surface area contributed by atoms with Crippen molar-refractivity contribution < 1.29 is 27.8 Å². The van der Waals surface area contributed by atoms with E-state index in [1.54, 1.807) is 13.8 Å². The van der Waals surface area contributed by atoms with E-state index in [-0.39, 0.29) is 10.8 Å². The number of aromatic carboxylic acids is 1. The lowest BCUT2D eigenvalue weighted by Crippen LogP contribution is -2.26. The van der Waals surface area contributed by atoms with Crippen LogP contribution in [0.2, 0.25) is 0 Å². The summed E-state index contributed by atoms with van der Waals surface area (Å²) in [6, 6.07) is 2.54. The van der Waals surface area contributed by atoms with Crippen molar-refractivity contribution in [2.45, 2.75) is 24.8 Å². The SMILES string of the molecule is CC(C)C(O)CS(=O)(=O)c1ccc(F)c(C(=O)O)c1. The molecule has 0 saturated heterocycles. The molecule has 1 unspecified atom stereocenters. The van der Waals surface area contributed by atoms with E-state index in [0.717, 1.165) is 18.2 Å². The maximum atomic E-state index is 13.2. The minimum atomic E-state index is -3.86. The van der Waals surface area contributed by atoms with Crippen molar-refractivity contribution in [2.24, 2.45) is 5.92 Å². The number of carbonyl (C=O) groups is 1. The van der Waals surface area contributed by atoms with E-state index < -0.39 is 39.0 Å². The molecule has 1 rings (SSSR count). The summed E-state index contributed by atoms with van der Waals surface area (Å²) in [5, 5.41) is 18.3. The summed E-state index contributed by atoms with van der Waals surface area (Å²) >= 11 is 0. The Morgan fingerprint density at radius 3 is 2.42 bits per heavy atom. The second-order valence-electron chi connectivity index (χ2n) is 4.54. The second-order valence-corrected chi connectivity index (χ2v) is 6.57. The maximum Gasteiger partial charge on any atom is 0.338 e. The Bertz CT molecular complexity index is 580. The van der Waals surface area contributed by atoms with Gasteiger partial charge in [0.15, 0.2) is 9.84 Å². The molecule has 0 aliphatic heterocycles. The number of carboxylic acid groups (broad SMARTS) is 1. The van der Waals surface area contributed by atoms with Crippen LogP contribution in [0.1, 0.15) is 24.2 Å². The molecule has 5 nitrogen and oxygen atoms in total. The van der Waals surface area contributed by atoms with Crippen molar-refractivity contribution in [3.05, 3.63) is 29.6 Å². The van der Waals surface area contributed by atoms with E-state index in [1.165, 1.54) is 0 Å². The molecule has 0 amide bonds. The topological polar surface area (TPSA) is 91.7 Å². The molecule has 0 heterocycles. The van der Waals surface area contributed by atoms with Gasteiger partial charge in [-0.15, -0.1) is 0 Å². The molecule has 2 N–H and O–H groups in total. The molecule has 1 atom stereocenters. The first-order chi connectivity index (χ1) is 8.65. The van der Waals surface area contributed by atoms with E-state index in [0.29, 0.717) is 0 Å². The molecule has 0 radical (unpaired) electrons. The highest BCUT2D eigenvalue weighted by Gasteiger charge is 2.24. The molecule has 19 heavy (non-hydrogen) atoms. The predicted molar refractivity (Wildman–Crippen MR) is 66.3 cm³/mol. The third-order valence-corrected chi connectivity index (χ3v) is 4.44. The molecular formula is C12H15FO5S. The first-order valence-corrected chi connectivity index (χ1v) is 7.24. The Labute approximate surface area is 110 Å². The molecule has 0 aliphatic rings. The number of aliphatic hydroxyl groups excluding tert-OH is 1. The third-order valence-electron chi connectivity index (χ3n) is 2.69. The molecule has 0 aliphatic carbocycles. The van der Waals surface area contributed by atoms with Gasteiger partial charge in [-0.2, -0.15) is 0 Å². The van der Waals surface area contributed by atoms with E-state index in [9.17, 15) is 22.7 Å². The van der Waals surface area contributed by atoms with Gasteiger partial charge in [-0.25, -0.2) is 17.6 Å². The van der Waals surface area contributed by atoms with Gasteiger partial charge in [0.1, 0.15) is 5.82 Å². The van der Waals surface area contributed by atoms with Crippen LogP contribution in [0.25, 0.3) is 0 Å². The summed E-state index contributed by atoms with van der Waals surface area (Å²) in [4.78, 5) is 10.4. The average molecular weight is 290 g/mol. The van der Waals surface area contributed by atoms with Gasteiger partial charge in [0, 0.05) is 0 Å². The van der Waals surface area contributed by atoms with Crippen LogP contribution < -0.4 is 0 Å². The summed E-state index contributed by atoms with van der Waals surface area (Å²) < 4.78 is 37.1. The Hall–Kier alpha value is -1.47. The van der Waals surface area contributed by atoms with Gasteiger partial charge in [0.05, 0.1) is 22.3 Å². The monoisotopic (exact) mass is 290 g/mol. The molecule has 0 saturated carbocycles. The lowest BCUT2D eigenvalue weighted by Gasteiger charge is -2.14. The predicted octanol–water partition coefficient (Wildman–Crippen LogP) is 1.31. The minimum Gasteiger partial charge on any atom is -0.478 e. The molecule has 1 aromatic carbocycles. The number of hydrogen-bond donors (Lipinski definition) is 2. The van der Waals surface area contributed by atoms with Crippen LogP contribution in [0.5, 0.6) is 0 Å². The number of halogens is 1. The van der Waals surface area contributed by atoms with Gasteiger partial charge in [0.2, 0.25) is 0 Å². The van der Waals surface area contributed by atoms with Gasteiger partial charge in [-0.05, 0) is 24.1 Å². The Morgan fingerprint density at radius 1 is 1.37 bits per heavy atom. The molecule has 0 fully saturated rings. The van der Waals surface area contributed by atoms with Crippen molar-refractivity contribution in [3.8, 4) is 0 Å². The molecule has 106 valence electrons. The highest BCUT2D eigenvalue weighted by molar-refractivity contribution is 7.91. The normalized spacial score (nSPS) is 13.5. The zero-order chi connectivity index (χ0) is 14.8. The largest absolute Gasteiger partial charge is 0.478 e. The average Bonchev–Trinajstić information content (AvgIpc) is 2.27. The van der Waals surface area contributed by atoms with Crippen LogP contribution in [0.15, 0.2) is 23.1 Å². The van der Waals surface area contributed by atoms with Crippen LogP contribution in [0.3, 0.4) is 0 Å². The smallest absolute Gasteiger partial charge is 0.338 e.